The third-order valence-electron chi connectivity index (χ3n) is 3.59. The Bertz CT molecular complexity index is 547. The molecule has 0 bridgehead atoms. The van der Waals surface area contributed by atoms with Gasteiger partial charge in [-0.25, -0.2) is 4.98 Å². The number of aryl methyl sites for hydroxylation is 2. The maximum Gasteiger partial charge on any atom is 0.110 e. The fraction of sp³-hybridized carbons (Fsp3) is 0.529. The monoisotopic (exact) mass is 286 g/mol. The van der Waals surface area contributed by atoms with E-state index in [-0.39, 0.29) is 6.04 Å². The maximum absolute atomic E-state index is 4.55. The zero-order valence-corrected chi connectivity index (χ0v) is 13.3. The van der Waals surface area contributed by atoms with Crippen molar-refractivity contribution < 1.29 is 0 Å². The lowest BCUT2D eigenvalue weighted by atomic mass is 10.1. The van der Waals surface area contributed by atoms with Crippen LogP contribution < -0.4 is 5.32 Å². The molecule has 0 aliphatic rings. The summed E-state index contributed by atoms with van der Waals surface area (Å²) >= 11 is 0. The van der Waals surface area contributed by atoms with E-state index in [9.17, 15) is 0 Å². The molecule has 0 aromatic carbocycles. The molecule has 21 heavy (non-hydrogen) atoms. The van der Waals surface area contributed by atoms with Gasteiger partial charge < -0.3 is 9.88 Å². The van der Waals surface area contributed by atoms with Crippen molar-refractivity contribution in [3.63, 3.8) is 0 Å². The fourth-order valence-corrected chi connectivity index (χ4v) is 2.51. The third-order valence-corrected chi connectivity index (χ3v) is 3.59. The van der Waals surface area contributed by atoms with Crippen molar-refractivity contribution >= 4 is 0 Å². The van der Waals surface area contributed by atoms with Gasteiger partial charge in [0.05, 0.1) is 11.7 Å². The third kappa shape index (κ3) is 4.39. The van der Waals surface area contributed by atoms with Gasteiger partial charge in [-0.1, -0.05) is 13.8 Å². The van der Waals surface area contributed by atoms with E-state index < -0.39 is 0 Å². The van der Waals surface area contributed by atoms with E-state index in [1.54, 1.807) is 0 Å². The normalized spacial score (nSPS) is 12.5. The summed E-state index contributed by atoms with van der Waals surface area (Å²) in [6, 6.07) is 4.43. The van der Waals surface area contributed by atoms with Crippen molar-refractivity contribution in [2.45, 2.75) is 52.6 Å². The Labute approximate surface area is 127 Å². The molecule has 0 fully saturated rings. The van der Waals surface area contributed by atoms with Gasteiger partial charge in [0.2, 0.25) is 0 Å². The molecule has 0 saturated carbocycles. The molecule has 4 heteroatoms. The Morgan fingerprint density at radius 1 is 1.19 bits per heavy atom. The number of hydrogen-bond donors (Lipinski definition) is 1. The van der Waals surface area contributed by atoms with Gasteiger partial charge in [0.25, 0.3) is 0 Å². The largest absolute Gasteiger partial charge is 0.335 e. The molecule has 0 amide bonds. The highest BCUT2D eigenvalue weighted by molar-refractivity contribution is 5.18. The number of nitrogens with one attached hydrogen (secondary N) is 1. The van der Waals surface area contributed by atoms with Crippen LogP contribution in [0.4, 0.5) is 0 Å². The molecule has 1 N–H and O–H groups in total. The molecule has 0 aliphatic heterocycles. The van der Waals surface area contributed by atoms with Crippen molar-refractivity contribution in [3.05, 3.63) is 47.8 Å². The van der Waals surface area contributed by atoms with Crippen LogP contribution in [-0.4, -0.2) is 21.1 Å². The summed E-state index contributed by atoms with van der Waals surface area (Å²) in [5.74, 6) is 1.13. The molecule has 1 atom stereocenters. The van der Waals surface area contributed by atoms with Gasteiger partial charge in [-0.3, -0.25) is 4.98 Å². The number of hydrogen-bond acceptors (Lipinski definition) is 3. The Morgan fingerprint density at radius 2 is 2.05 bits per heavy atom. The molecule has 1 unspecified atom stereocenters. The molecule has 0 radical (unpaired) electrons. The van der Waals surface area contributed by atoms with Crippen LogP contribution in [0.5, 0.6) is 0 Å². The first kappa shape index (κ1) is 15.7. The second kappa shape index (κ2) is 7.93. The summed E-state index contributed by atoms with van der Waals surface area (Å²) in [5, 5.41) is 3.60. The van der Waals surface area contributed by atoms with E-state index in [1.807, 2.05) is 18.5 Å². The molecule has 0 aliphatic carbocycles. The van der Waals surface area contributed by atoms with Gasteiger partial charge in [0.15, 0.2) is 0 Å². The number of nitrogens with zero attached hydrogens (tertiary/aromatic N) is 3. The summed E-state index contributed by atoms with van der Waals surface area (Å²) < 4.78 is 2.25. The number of rotatable bonds is 8. The Kier molecular flexibility index (Phi) is 5.93. The number of aromatic nitrogens is 3. The van der Waals surface area contributed by atoms with Gasteiger partial charge in [-0.15, -0.1) is 0 Å². The minimum Gasteiger partial charge on any atom is -0.335 e. The van der Waals surface area contributed by atoms with Gasteiger partial charge >= 0.3 is 0 Å². The van der Waals surface area contributed by atoms with E-state index in [2.05, 4.69) is 52.9 Å². The van der Waals surface area contributed by atoms with Gasteiger partial charge in [-0.2, -0.15) is 0 Å². The summed E-state index contributed by atoms with van der Waals surface area (Å²) in [5.41, 5.74) is 2.36. The molecule has 114 valence electrons. The lowest BCUT2D eigenvalue weighted by Gasteiger charge is -2.19. The fourth-order valence-electron chi connectivity index (χ4n) is 2.51. The highest BCUT2D eigenvalue weighted by atomic mass is 15.1. The first-order valence-electron chi connectivity index (χ1n) is 7.90. The second-order valence-corrected chi connectivity index (χ2v) is 5.51. The summed E-state index contributed by atoms with van der Waals surface area (Å²) in [4.78, 5) is 9.08. The van der Waals surface area contributed by atoms with Crippen LogP contribution >= 0.6 is 0 Å². The van der Waals surface area contributed by atoms with Crippen molar-refractivity contribution in [2.75, 3.05) is 6.54 Å². The highest BCUT2D eigenvalue weighted by Crippen LogP contribution is 2.17. The quantitative estimate of drug-likeness (QED) is 0.810. The van der Waals surface area contributed by atoms with Crippen molar-refractivity contribution in [1.82, 2.24) is 19.9 Å². The first-order chi connectivity index (χ1) is 10.2. The molecule has 2 heterocycles. The highest BCUT2D eigenvalue weighted by Gasteiger charge is 2.16. The van der Waals surface area contributed by atoms with Crippen molar-refractivity contribution in [3.8, 4) is 0 Å². The Hall–Kier alpha value is -1.68. The molecular formula is C17H26N4. The summed E-state index contributed by atoms with van der Waals surface area (Å²) in [7, 11) is 0. The van der Waals surface area contributed by atoms with Gasteiger partial charge in [0.1, 0.15) is 5.82 Å². The van der Waals surface area contributed by atoms with Crippen LogP contribution in [0.15, 0.2) is 30.7 Å². The summed E-state index contributed by atoms with van der Waals surface area (Å²) in [6.07, 6.45) is 8.98. The van der Waals surface area contributed by atoms with Crippen LogP contribution in [0.3, 0.4) is 0 Å². The predicted octanol–water partition coefficient (Wildman–Crippen LogP) is 3.28. The second-order valence-electron chi connectivity index (χ2n) is 5.51. The minimum absolute atomic E-state index is 0.225. The van der Waals surface area contributed by atoms with Crippen LogP contribution in [0.2, 0.25) is 0 Å². The average Bonchev–Trinajstić information content (AvgIpc) is 2.91. The number of pyridine rings is 1. The minimum atomic E-state index is 0.225. The van der Waals surface area contributed by atoms with E-state index >= 15 is 0 Å². The Balaban J connectivity index is 2.17. The van der Waals surface area contributed by atoms with E-state index in [1.165, 1.54) is 5.56 Å². The van der Waals surface area contributed by atoms with Crippen LogP contribution in [0.1, 0.15) is 49.8 Å². The lowest BCUT2D eigenvalue weighted by molar-refractivity contribution is 0.492. The van der Waals surface area contributed by atoms with Crippen LogP contribution in [0.25, 0.3) is 0 Å². The molecule has 2 aromatic rings. The molecule has 0 saturated heterocycles. The average molecular weight is 286 g/mol. The predicted molar refractivity (Wildman–Crippen MR) is 86.2 cm³/mol. The molecule has 2 rings (SSSR count). The molecule has 2 aromatic heterocycles. The SMILES string of the molecule is CCCNC(Cc1nccn1CCC)c1cc(C)ccn1. The smallest absolute Gasteiger partial charge is 0.110 e. The van der Waals surface area contributed by atoms with Crippen molar-refractivity contribution in [1.29, 1.82) is 0 Å². The standard InChI is InChI=1S/C17H26N4/c1-4-7-18-16(15-12-14(3)6-8-19-15)13-17-20-9-11-21(17)10-5-2/h6,8-9,11-12,16,18H,4-5,7,10,13H2,1-3H3. The number of imidazole rings is 1. The maximum atomic E-state index is 4.55. The lowest BCUT2D eigenvalue weighted by Crippen LogP contribution is -2.26. The van der Waals surface area contributed by atoms with Crippen molar-refractivity contribution in [2.24, 2.45) is 0 Å². The zero-order valence-electron chi connectivity index (χ0n) is 13.3. The van der Waals surface area contributed by atoms with Crippen LogP contribution in [-0.2, 0) is 13.0 Å². The Morgan fingerprint density at radius 3 is 2.76 bits per heavy atom. The molecular weight excluding hydrogens is 260 g/mol. The summed E-state index contributed by atoms with van der Waals surface area (Å²) in [6.45, 7) is 8.51. The first-order valence-corrected chi connectivity index (χ1v) is 7.90. The molecule has 4 nitrogen and oxygen atoms in total. The van der Waals surface area contributed by atoms with Gasteiger partial charge in [-0.05, 0) is 44.0 Å². The molecule has 0 spiro atoms. The van der Waals surface area contributed by atoms with E-state index in [0.717, 1.165) is 43.9 Å². The van der Waals surface area contributed by atoms with E-state index in [4.69, 9.17) is 0 Å². The topological polar surface area (TPSA) is 42.7 Å². The zero-order chi connectivity index (χ0) is 15.1. The van der Waals surface area contributed by atoms with E-state index in [0.29, 0.717) is 0 Å². The van der Waals surface area contributed by atoms with Gasteiger partial charge in [0, 0.05) is 31.6 Å². The van der Waals surface area contributed by atoms with Crippen LogP contribution in [0, 0.1) is 6.92 Å².